The molecule has 2 aliphatic rings. The number of carbonyl (C=O) groups is 2. The van der Waals surface area contributed by atoms with Crippen LogP contribution in [0.4, 0.5) is 23.8 Å². The summed E-state index contributed by atoms with van der Waals surface area (Å²) in [5, 5.41) is 9.73. The monoisotopic (exact) mass is 482 g/mol. The number of amides is 2. The second-order valence-electron chi connectivity index (χ2n) is 8.84. The molecule has 4 rings (SSSR count). The molecule has 0 spiro atoms. The van der Waals surface area contributed by atoms with Crippen molar-refractivity contribution in [1.82, 2.24) is 20.2 Å². The Morgan fingerprint density at radius 1 is 1.29 bits per heavy atom. The molecule has 184 valence electrons. The van der Waals surface area contributed by atoms with Gasteiger partial charge in [0, 0.05) is 23.6 Å². The number of halogens is 3. The molecule has 0 aliphatic heterocycles. The van der Waals surface area contributed by atoms with E-state index in [9.17, 15) is 22.8 Å². The Kier molecular flexibility index (Phi) is 6.36. The topological polar surface area (TPSA) is 145 Å². The first-order chi connectivity index (χ1) is 16.1. The second kappa shape index (κ2) is 9.11. The second-order valence-corrected chi connectivity index (χ2v) is 8.84. The average Bonchev–Trinajstić information content (AvgIpc) is 3.11. The lowest BCUT2D eigenvalue weighted by Crippen LogP contribution is -2.32. The Hall–Kier alpha value is -3.38. The summed E-state index contributed by atoms with van der Waals surface area (Å²) in [5.74, 6) is 0.0218. The summed E-state index contributed by atoms with van der Waals surface area (Å²) in [6.45, 7) is 0. The molecule has 2 heterocycles. The minimum atomic E-state index is -4.45. The van der Waals surface area contributed by atoms with Gasteiger partial charge in [-0.2, -0.15) is 18.3 Å². The van der Waals surface area contributed by atoms with Crippen molar-refractivity contribution in [2.45, 2.75) is 56.2 Å². The summed E-state index contributed by atoms with van der Waals surface area (Å²) in [6, 6.07) is 1.72. The van der Waals surface area contributed by atoms with Crippen molar-refractivity contribution in [2.75, 3.05) is 12.4 Å². The number of nitrogens with zero attached hydrogens (tertiary/aromatic N) is 3. The van der Waals surface area contributed by atoms with Crippen molar-refractivity contribution >= 4 is 17.8 Å². The van der Waals surface area contributed by atoms with Crippen LogP contribution in [-0.4, -0.2) is 51.1 Å². The first-order valence-corrected chi connectivity index (χ1v) is 10.8. The van der Waals surface area contributed by atoms with Crippen LogP contribution in [0.2, 0.25) is 0 Å². The van der Waals surface area contributed by atoms with Crippen molar-refractivity contribution < 1.29 is 32.2 Å². The molecule has 4 atom stereocenters. The number of hydrogen-bond donors (Lipinski definition) is 3. The molecule has 10 nitrogen and oxygen atoms in total. The molecule has 0 aromatic carbocycles. The number of hydrogen-bond acceptors (Lipinski definition) is 7. The third kappa shape index (κ3) is 5.57. The standard InChI is InChI=1S/C21H25F3N6O4/c1-33-18-9-26-13(8-27-18)5-17(31)28-16-6-15(29-30-16)12-3-2-11(4-12)14-7-20(14,34-19(25)32)10-21(22,23)24/h6,8-9,11-12,14H,2-5,7,10H2,1H3,(H2,25,32)(H2,28,29,30,31)/t11-,12+,14?,20?/m1/s1. The molecular formula is C21H25F3N6O4. The van der Waals surface area contributed by atoms with Gasteiger partial charge in [0.05, 0.1) is 38.0 Å². The van der Waals surface area contributed by atoms with E-state index in [0.717, 1.165) is 12.1 Å². The van der Waals surface area contributed by atoms with Crippen LogP contribution in [0.15, 0.2) is 18.5 Å². The number of aromatic nitrogens is 4. The summed E-state index contributed by atoms with van der Waals surface area (Å²) >= 11 is 0. The summed E-state index contributed by atoms with van der Waals surface area (Å²) < 4.78 is 49.0. The fourth-order valence-corrected chi connectivity index (χ4v) is 4.97. The van der Waals surface area contributed by atoms with E-state index < -0.39 is 24.3 Å². The highest BCUT2D eigenvalue weighted by molar-refractivity contribution is 5.91. The van der Waals surface area contributed by atoms with Gasteiger partial charge in [0.1, 0.15) is 5.60 Å². The maximum Gasteiger partial charge on any atom is 0.405 e. The largest absolute Gasteiger partial charge is 0.480 e. The number of methoxy groups -OCH3 is 1. The first-order valence-electron chi connectivity index (χ1n) is 10.8. The van der Waals surface area contributed by atoms with E-state index in [2.05, 4.69) is 25.5 Å². The zero-order valence-corrected chi connectivity index (χ0v) is 18.4. The van der Waals surface area contributed by atoms with E-state index in [1.165, 1.54) is 19.5 Å². The lowest BCUT2D eigenvalue weighted by molar-refractivity contribution is -0.160. The molecule has 2 amide bonds. The summed E-state index contributed by atoms with van der Waals surface area (Å²) in [6.07, 6.45) is -1.71. The number of alkyl halides is 3. The van der Waals surface area contributed by atoms with Crippen LogP contribution >= 0.6 is 0 Å². The number of ether oxygens (including phenoxy) is 2. The first kappa shape index (κ1) is 23.8. The molecule has 4 N–H and O–H groups in total. The molecular weight excluding hydrogens is 457 g/mol. The van der Waals surface area contributed by atoms with Gasteiger partial charge in [-0.1, -0.05) is 0 Å². The van der Waals surface area contributed by atoms with E-state index in [-0.39, 0.29) is 36.5 Å². The number of carbonyl (C=O) groups excluding carboxylic acids is 2. The van der Waals surface area contributed by atoms with Crippen LogP contribution in [0.1, 0.15) is 49.4 Å². The average molecular weight is 482 g/mol. The van der Waals surface area contributed by atoms with Crippen molar-refractivity contribution in [3.05, 3.63) is 29.8 Å². The molecule has 2 saturated carbocycles. The van der Waals surface area contributed by atoms with Gasteiger partial charge in [0.15, 0.2) is 5.82 Å². The number of H-pyrrole nitrogens is 1. The highest BCUT2D eigenvalue weighted by atomic mass is 19.4. The number of nitrogens with one attached hydrogen (secondary N) is 2. The van der Waals surface area contributed by atoms with Crippen LogP contribution in [-0.2, 0) is 16.0 Å². The number of nitrogens with two attached hydrogens (primary N) is 1. The van der Waals surface area contributed by atoms with Crippen LogP contribution in [0.5, 0.6) is 5.88 Å². The molecule has 0 radical (unpaired) electrons. The van der Waals surface area contributed by atoms with Gasteiger partial charge in [-0.15, -0.1) is 0 Å². The summed E-state index contributed by atoms with van der Waals surface area (Å²) in [4.78, 5) is 31.6. The fourth-order valence-electron chi connectivity index (χ4n) is 4.97. The molecule has 13 heteroatoms. The molecule has 2 aliphatic carbocycles. The number of rotatable bonds is 8. The zero-order valence-electron chi connectivity index (χ0n) is 18.4. The Bertz CT molecular complexity index is 1040. The summed E-state index contributed by atoms with van der Waals surface area (Å²) in [5.41, 5.74) is 4.74. The van der Waals surface area contributed by atoms with Gasteiger partial charge in [-0.25, -0.2) is 9.78 Å². The Labute approximate surface area is 192 Å². The summed E-state index contributed by atoms with van der Waals surface area (Å²) in [7, 11) is 1.47. The molecule has 2 aromatic heterocycles. The smallest absolute Gasteiger partial charge is 0.405 e. The quantitative estimate of drug-likeness (QED) is 0.524. The molecule has 0 saturated heterocycles. The van der Waals surface area contributed by atoms with E-state index in [1.54, 1.807) is 6.07 Å². The minimum absolute atomic E-state index is 0.00746. The zero-order chi connectivity index (χ0) is 24.5. The van der Waals surface area contributed by atoms with Gasteiger partial charge in [-0.05, 0) is 31.6 Å². The van der Waals surface area contributed by atoms with Gasteiger partial charge in [-0.3, -0.25) is 14.9 Å². The highest BCUT2D eigenvalue weighted by Crippen LogP contribution is 2.61. The number of aromatic amines is 1. The van der Waals surface area contributed by atoms with E-state index in [4.69, 9.17) is 15.2 Å². The van der Waals surface area contributed by atoms with Crippen LogP contribution in [0.3, 0.4) is 0 Å². The predicted molar refractivity (Wildman–Crippen MR) is 112 cm³/mol. The van der Waals surface area contributed by atoms with Crippen molar-refractivity contribution in [1.29, 1.82) is 0 Å². The third-order valence-corrected chi connectivity index (χ3v) is 6.46. The van der Waals surface area contributed by atoms with Crippen molar-refractivity contribution in [3.63, 3.8) is 0 Å². The molecule has 2 aromatic rings. The molecule has 0 bridgehead atoms. The number of anilines is 1. The van der Waals surface area contributed by atoms with Gasteiger partial charge >= 0.3 is 12.3 Å². The SMILES string of the molecule is COc1cnc(CC(=O)Nc2cc([C@H]3CC[C@@H](C4CC4(CC(F)(F)F)OC(N)=O)C3)[nH]n2)cn1. The highest BCUT2D eigenvalue weighted by Gasteiger charge is 2.65. The molecule has 34 heavy (non-hydrogen) atoms. The number of primary amides is 1. The Balaban J connectivity index is 1.32. The Morgan fingerprint density at radius 3 is 2.74 bits per heavy atom. The fraction of sp³-hybridized carbons (Fsp3) is 0.571. The normalized spacial score (nSPS) is 26.2. The van der Waals surface area contributed by atoms with E-state index in [0.29, 0.717) is 30.2 Å². The van der Waals surface area contributed by atoms with Gasteiger partial charge in [0.2, 0.25) is 11.8 Å². The van der Waals surface area contributed by atoms with Crippen molar-refractivity contribution in [3.8, 4) is 5.88 Å². The van der Waals surface area contributed by atoms with E-state index >= 15 is 0 Å². The minimum Gasteiger partial charge on any atom is -0.480 e. The lowest BCUT2D eigenvalue weighted by Gasteiger charge is -2.21. The molecule has 2 fully saturated rings. The lowest BCUT2D eigenvalue weighted by atomic mass is 9.95. The van der Waals surface area contributed by atoms with Crippen LogP contribution in [0.25, 0.3) is 0 Å². The van der Waals surface area contributed by atoms with Crippen molar-refractivity contribution in [2.24, 2.45) is 17.6 Å². The third-order valence-electron chi connectivity index (χ3n) is 6.46. The Morgan fingerprint density at radius 2 is 2.09 bits per heavy atom. The van der Waals surface area contributed by atoms with Crippen LogP contribution < -0.4 is 15.8 Å². The molecule has 2 unspecified atom stereocenters. The van der Waals surface area contributed by atoms with Crippen LogP contribution in [0, 0.1) is 11.8 Å². The predicted octanol–water partition coefficient (Wildman–Crippen LogP) is 3.08. The maximum atomic E-state index is 13.0. The van der Waals surface area contributed by atoms with Gasteiger partial charge in [0.25, 0.3) is 0 Å². The van der Waals surface area contributed by atoms with Gasteiger partial charge < -0.3 is 20.5 Å². The maximum absolute atomic E-state index is 13.0. The van der Waals surface area contributed by atoms with E-state index in [1.807, 2.05) is 0 Å².